The van der Waals surface area contributed by atoms with Crippen LogP contribution >= 0.6 is 22.9 Å². The molecule has 0 aliphatic carbocycles. The Bertz CT molecular complexity index is 877. The first kappa shape index (κ1) is 17.2. The maximum atomic E-state index is 12.3. The molecular weight excluding hydrogens is 370 g/mol. The van der Waals surface area contributed by atoms with Crippen LogP contribution in [0, 0.1) is 0 Å². The van der Waals surface area contributed by atoms with Crippen LogP contribution < -0.4 is 0 Å². The van der Waals surface area contributed by atoms with E-state index in [1.54, 1.807) is 11.3 Å². The van der Waals surface area contributed by atoms with Crippen molar-refractivity contribution in [2.24, 2.45) is 0 Å². The third-order valence-electron chi connectivity index (χ3n) is 4.55. The smallest absolute Gasteiger partial charge is 0.231 e. The highest BCUT2D eigenvalue weighted by atomic mass is 35.5. The minimum Gasteiger partial charge on any atom is -0.342 e. The molecule has 1 fully saturated rings. The number of benzene rings is 1. The molecule has 1 aliphatic heterocycles. The Morgan fingerprint density at radius 2 is 2.12 bits per heavy atom. The number of thiophene rings is 1. The highest BCUT2D eigenvalue weighted by molar-refractivity contribution is 7.09. The molecule has 0 saturated carbocycles. The average Bonchev–Trinajstić information content (AvgIpc) is 3.37. The van der Waals surface area contributed by atoms with Crippen LogP contribution in [-0.2, 0) is 17.6 Å². The van der Waals surface area contributed by atoms with Crippen molar-refractivity contribution in [1.82, 2.24) is 15.0 Å². The summed E-state index contributed by atoms with van der Waals surface area (Å²) in [5.74, 6) is 1.40. The Morgan fingerprint density at radius 3 is 2.88 bits per heavy atom. The third-order valence-corrected chi connectivity index (χ3v) is 5.68. The summed E-state index contributed by atoms with van der Waals surface area (Å²) in [6.45, 7) is 1.33. The van der Waals surface area contributed by atoms with Crippen LogP contribution in [0.3, 0.4) is 0 Å². The first-order valence-electron chi connectivity index (χ1n) is 8.54. The second-order valence-corrected chi connectivity index (χ2v) is 7.89. The Morgan fingerprint density at radius 1 is 1.27 bits per heavy atom. The maximum absolute atomic E-state index is 12.3. The summed E-state index contributed by atoms with van der Waals surface area (Å²) >= 11 is 7.58. The second-order valence-electron chi connectivity index (χ2n) is 6.42. The summed E-state index contributed by atoms with van der Waals surface area (Å²) in [5, 5.41) is 6.85. The lowest BCUT2D eigenvalue weighted by molar-refractivity contribution is -0.127. The number of halogens is 1. The maximum Gasteiger partial charge on any atom is 0.231 e. The Labute approximate surface area is 160 Å². The molecule has 3 aromatic rings. The molecule has 134 valence electrons. The van der Waals surface area contributed by atoms with Crippen LogP contribution in [0.15, 0.2) is 46.3 Å². The van der Waals surface area contributed by atoms with Gasteiger partial charge in [0.1, 0.15) is 0 Å². The van der Waals surface area contributed by atoms with Crippen molar-refractivity contribution in [1.29, 1.82) is 0 Å². The van der Waals surface area contributed by atoms with E-state index in [2.05, 4.69) is 10.1 Å². The molecule has 1 unspecified atom stereocenters. The standard InChI is InChI=1S/C19H18ClN3O2S/c20-15-5-3-13(4-6-15)7-8-23-12-14(10-18(23)24)19-21-17(25-22-19)11-16-2-1-9-26-16/h1-6,9,14H,7-8,10-12H2. The molecule has 3 heterocycles. The topological polar surface area (TPSA) is 59.2 Å². The number of aromatic nitrogens is 2. The number of carbonyl (C=O) groups is 1. The van der Waals surface area contributed by atoms with Gasteiger partial charge in [0, 0.05) is 35.3 Å². The number of nitrogens with zero attached hydrogens (tertiary/aromatic N) is 3. The van der Waals surface area contributed by atoms with Gasteiger partial charge in [-0.1, -0.05) is 35.0 Å². The van der Waals surface area contributed by atoms with Gasteiger partial charge in [-0.2, -0.15) is 4.98 Å². The number of rotatable bonds is 6. The number of hydrogen-bond acceptors (Lipinski definition) is 5. The molecule has 0 bridgehead atoms. The van der Waals surface area contributed by atoms with Gasteiger partial charge in [0.25, 0.3) is 0 Å². The predicted octanol–water partition coefficient (Wildman–Crippen LogP) is 3.93. The summed E-state index contributed by atoms with van der Waals surface area (Å²) in [5.41, 5.74) is 1.17. The van der Waals surface area contributed by atoms with Gasteiger partial charge >= 0.3 is 0 Å². The largest absolute Gasteiger partial charge is 0.342 e. The zero-order valence-electron chi connectivity index (χ0n) is 14.1. The fourth-order valence-corrected chi connectivity index (χ4v) is 3.97. The van der Waals surface area contributed by atoms with Crippen molar-refractivity contribution < 1.29 is 9.32 Å². The number of amides is 1. The van der Waals surface area contributed by atoms with Gasteiger partial charge in [-0.3, -0.25) is 4.79 Å². The van der Waals surface area contributed by atoms with Crippen molar-refractivity contribution in [2.75, 3.05) is 13.1 Å². The van der Waals surface area contributed by atoms with Crippen LogP contribution in [0.1, 0.15) is 34.5 Å². The highest BCUT2D eigenvalue weighted by Crippen LogP contribution is 2.27. The van der Waals surface area contributed by atoms with Gasteiger partial charge in [0.05, 0.1) is 6.42 Å². The molecule has 4 rings (SSSR count). The molecular formula is C19H18ClN3O2S. The van der Waals surface area contributed by atoms with Gasteiger partial charge in [0.2, 0.25) is 11.8 Å². The van der Waals surface area contributed by atoms with E-state index >= 15 is 0 Å². The van der Waals surface area contributed by atoms with E-state index < -0.39 is 0 Å². The molecule has 5 nitrogen and oxygen atoms in total. The van der Waals surface area contributed by atoms with E-state index in [1.807, 2.05) is 46.7 Å². The number of hydrogen-bond donors (Lipinski definition) is 0. The predicted molar refractivity (Wildman–Crippen MR) is 101 cm³/mol. The van der Waals surface area contributed by atoms with Crippen molar-refractivity contribution in [3.05, 3.63) is 69.0 Å². The molecule has 1 aliphatic rings. The molecule has 1 aromatic carbocycles. The van der Waals surface area contributed by atoms with E-state index in [4.69, 9.17) is 16.1 Å². The SMILES string of the molecule is O=C1CC(c2noc(Cc3cccs3)n2)CN1CCc1ccc(Cl)cc1. The highest BCUT2D eigenvalue weighted by Gasteiger charge is 2.33. The summed E-state index contributed by atoms with van der Waals surface area (Å²) in [6.07, 6.45) is 1.90. The quantitative estimate of drug-likeness (QED) is 0.642. The van der Waals surface area contributed by atoms with Crippen LogP contribution in [0.5, 0.6) is 0 Å². The molecule has 7 heteroatoms. The van der Waals surface area contributed by atoms with Gasteiger partial charge in [0.15, 0.2) is 5.82 Å². The van der Waals surface area contributed by atoms with Crippen molar-refractivity contribution >= 4 is 28.8 Å². The zero-order chi connectivity index (χ0) is 17.9. The first-order valence-corrected chi connectivity index (χ1v) is 9.80. The average molecular weight is 388 g/mol. The monoisotopic (exact) mass is 387 g/mol. The first-order chi connectivity index (χ1) is 12.7. The van der Waals surface area contributed by atoms with E-state index in [9.17, 15) is 4.79 Å². The van der Waals surface area contributed by atoms with E-state index in [0.29, 0.717) is 37.6 Å². The minimum atomic E-state index is 0.00792. The Kier molecular flexibility index (Phi) is 5.04. The summed E-state index contributed by atoms with van der Waals surface area (Å²) < 4.78 is 5.36. The van der Waals surface area contributed by atoms with Crippen LogP contribution in [0.25, 0.3) is 0 Å². The lowest BCUT2D eigenvalue weighted by atomic mass is 10.1. The summed E-state index contributed by atoms with van der Waals surface area (Å²) in [7, 11) is 0. The molecule has 0 radical (unpaired) electrons. The fourth-order valence-electron chi connectivity index (χ4n) is 3.14. The fraction of sp³-hybridized carbons (Fsp3) is 0.316. The normalized spacial score (nSPS) is 17.2. The Hall–Kier alpha value is -2.18. The van der Waals surface area contributed by atoms with Crippen molar-refractivity contribution in [3.63, 3.8) is 0 Å². The molecule has 1 atom stereocenters. The molecule has 1 amide bonds. The van der Waals surface area contributed by atoms with Crippen LogP contribution in [-0.4, -0.2) is 34.0 Å². The molecule has 1 saturated heterocycles. The van der Waals surface area contributed by atoms with Crippen LogP contribution in [0.2, 0.25) is 5.02 Å². The summed E-state index contributed by atoms with van der Waals surface area (Å²) in [6, 6.07) is 11.8. The molecule has 0 spiro atoms. The second kappa shape index (κ2) is 7.60. The van der Waals surface area contributed by atoms with Gasteiger partial charge in [-0.05, 0) is 35.6 Å². The minimum absolute atomic E-state index is 0.00792. The van der Waals surface area contributed by atoms with E-state index in [0.717, 1.165) is 11.4 Å². The number of likely N-dealkylation sites (tertiary alicyclic amines) is 1. The molecule has 26 heavy (non-hydrogen) atoms. The lowest BCUT2D eigenvalue weighted by Gasteiger charge is -2.15. The van der Waals surface area contributed by atoms with Gasteiger partial charge in [-0.15, -0.1) is 11.3 Å². The summed E-state index contributed by atoms with van der Waals surface area (Å²) in [4.78, 5) is 19.9. The van der Waals surface area contributed by atoms with Gasteiger partial charge < -0.3 is 9.42 Å². The number of carbonyl (C=O) groups excluding carboxylic acids is 1. The van der Waals surface area contributed by atoms with E-state index in [1.165, 1.54) is 10.4 Å². The van der Waals surface area contributed by atoms with Gasteiger partial charge in [-0.25, -0.2) is 0 Å². The Balaban J connectivity index is 1.35. The van der Waals surface area contributed by atoms with Crippen LogP contribution in [0.4, 0.5) is 0 Å². The molecule has 0 N–H and O–H groups in total. The lowest BCUT2D eigenvalue weighted by Crippen LogP contribution is -2.27. The zero-order valence-corrected chi connectivity index (χ0v) is 15.7. The van der Waals surface area contributed by atoms with Crippen molar-refractivity contribution in [2.45, 2.75) is 25.2 Å². The van der Waals surface area contributed by atoms with E-state index in [-0.39, 0.29) is 11.8 Å². The third kappa shape index (κ3) is 3.97. The van der Waals surface area contributed by atoms with Crippen molar-refractivity contribution in [3.8, 4) is 0 Å². The molecule has 2 aromatic heterocycles.